The van der Waals surface area contributed by atoms with Crippen LogP contribution in [0.5, 0.6) is 11.5 Å². The van der Waals surface area contributed by atoms with E-state index in [0.717, 1.165) is 23.0 Å². The Morgan fingerprint density at radius 2 is 1.86 bits per heavy atom. The first-order chi connectivity index (χ1) is 10.2. The van der Waals surface area contributed by atoms with Gasteiger partial charge in [0.05, 0.1) is 6.10 Å². The molecule has 1 fully saturated rings. The first-order valence-electron chi connectivity index (χ1n) is 8.03. The summed E-state index contributed by atoms with van der Waals surface area (Å²) in [7, 11) is 0. The average Bonchev–Trinajstić information content (AvgIpc) is 2.53. The van der Waals surface area contributed by atoms with Crippen LogP contribution in [0.4, 0.5) is 0 Å². The molecule has 2 N–H and O–H groups in total. The number of ether oxygens (including phenoxy) is 2. The zero-order chi connectivity index (χ0) is 14.7. The minimum Gasteiger partial charge on any atom is -0.486 e. The fourth-order valence-corrected chi connectivity index (χ4v) is 3.13. The second-order valence-electron chi connectivity index (χ2n) is 6.28. The van der Waals surface area contributed by atoms with Gasteiger partial charge in [0.15, 0.2) is 11.5 Å². The van der Waals surface area contributed by atoms with E-state index in [4.69, 9.17) is 9.47 Å². The van der Waals surface area contributed by atoms with Gasteiger partial charge in [0.2, 0.25) is 0 Å². The third-order valence-electron chi connectivity index (χ3n) is 4.57. The molecule has 1 aliphatic heterocycles. The van der Waals surface area contributed by atoms with Crippen LogP contribution in [-0.2, 0) is 0 Å². The van der Waals surface area contributed by atoms with E-state index >= 15 is 0 Å². The number of aliphatic hydroxyl groups excluding tert-OH is 1. The Balaban J connectivity index is 1.54. The van der Waals surface area contributed by atoms with Crippen LogP contribution in [0.15, 0.2) is 18.2 Å². The Hall–Kier alpha value is -1.26. The van der Waals surface area contributed by atoms with Crippen molar-refractivity contribution in [2.24, 2.45) is 5.92 Å². The lowest BCUT2D eigenvalue weighted by Crippen LogP contribution is -2.35. The zero-order valence-corrected chi connectivity index (χ0v) is 12.7. The number of benzene rings is 1. The molecule has 1 saturated carbocycles. The van der Waals surface area contributed by atoms with Crippen molar-refractivity contribution in [3.8, 4) is 11.5 Å². The molecular weight excluding hydrogens is 266 g/mol. The molecule has 0 saturated heterocycles. The largest absolute Gasteiger partial charge is 0.486 e. The Kier molecular flexibility index (Phi) is 4.66. The lowest BCUT2D eigenvalue weighted by Gasteiger charge is -2.28. The third-order valence-corrected chi connectivity index (χ3v) is 4.57. The van der Waals surface area contributed by atoms with Gasteiger partial charge in [-0.15, -0.1) is 0 Å². The van der Waals surface area contributed by atoms with Gasteiger partial charge in [-0.2, -0.15) is 0 Å². The SMILES string of the molecule is CC1CCC(NCC(O)c2ccc3c(c2)OCCO3)CC1. The fourth-order valence-electron chi connectivity index (χ4n) is 3.13. The van der Waals surface area contributed by atoms with Crippen molar-refractivity contribution in [3.63, 3.8) is 0 Å². The molecular formula is C17H25NO3. The van der Waals surface area contributed by atoms with E-state index in [9.17, 15) is 5.11 Å². The molecule has 1 atom stereocenters. The van der Waals surface area contributed by atoms with Crippen LogP contribution in [-0.4, -0.2) is 30.9 Å². The monoisotopic (exact) mass is 291 g/mol. The Labute approximate surface area is 126 Å². The molecule has 0 spiro atoms. The lowest BCUT2D eigenvalue weighted by atomic mass is 9.87. The Morgan fingerprint density at radius 1 is 1.14 bits per heavy atom. The van der Waals surface area contributed by atoms with Crippen LogP contribution >= 0.6 is 0 Å². The first kappa shape index (κ1) is 14.7. The van der Waals surface area contributed by atoms with Gasteiger partial charge in [-0.05, 0) is 49.3 Å². The molecule has 1 unspecified atom stereocenters. The van der Waals surface area contributed by atoms with Crippen molar-refractivity contribution in [3.05, 3.63) is 23.8 Å². The smallest absolute Gasteiger partial charge is 0.161 e. The highest BCUT2D eigenvalue weighted by Gasteiger charge is 2.20. The number of hydrogen-bond acceptors (Lipinski definition) is 4. The molecule has 1 aromatic rings. The highest BCUT2D eigenvalue weighted by molar-refractivity contribution is 5.44. The minimum atomic E-state index is -0.500. The van der Waals surface area contributed by atoms with Crippen molar-refractivity contribution in [1.29, 1.82) is 0 Å². The Bertz CT molecular complexity index is 469. The standard InChI is InChI=1S/C17H25NO3/c1-12-2-5-14(6-3-12)18-11-15(19)13-4-7-16-17(10-13)21-9-8-20-16/h4,7,10,12,14-15,18-19H,2-3,5-6,8-9,11H2,1H3. The molecule has 2 aliphatic rings. The zero-order valence-electron chi connectivity index (χ0n) is 12.7. The molecule has 1 aliphatic carbocycles. The second-order valence-corrected chi connectivity index (χ2v) is 6.28. The topological polar surface area (TPSA) is 50.7 Å². The number of fused-ring (bicyclic) bond motifs is 1. The molecule has 21 heavy (non-hydrogen) atoms. The van der Waals surface area contributed by atoms with Crippen LogP contribution < -0.4 is 14.8 Å². The van der Waals surface area contributed by atoms with Crippen molar-refractivity contribution in [1.82, 2.24) is 5.32 Å². The fraction of sp³-hybridized carbons (Fsp3) is 0.647. The van der Waals surface area contributed by atoms with Gasteiger partial charge < -0.3 is 19.9 Å². The highest BCUT2D eigenvalue weighted by atomic mass is 16.6. The molecule has 0 amide bonds. The minimum absolute atomic E-state index is 0.500. The summed E-state index contributed by atoms with van der Waals surface area (Å²) in [6, 6.07) is 6.25. The van der Waals surface area contributed by atoms with Crippen molar-refractivity contribution in [2.75, 3.05) is 19.8 Å². The average molecular weight is 291 g/mol. The molecule has 1 aromatic carbocycles. The van der Waals surface area contributed by atoms with Gasteiger partial charge in [0.25, 0.3) is 0 Å². The Morgan fingerprint density at radius 3 is 2.62 bits per heavy atom. The first-order valence-corrected chi connectivity index (χ1v) is 8.03. The van der Waals surface area contributed by atoms with E-state index in [-0.39, 0.29) is 0 Å². The number of hydrogen-bond donors (Lipinski definition) is 2. The molecule has 3 rings (SSSR count). The van der Waals surface area contributed by atoms with Gasteiger partial charge in [-0.25, -0.2) is 0 Å². The van der Waals surface area contributed by atoms with E-state index in [1.165, 1.54) is 25.7 Å². The van der Waals surface area contributed by atoms with Gasteiger partial charge in [0.1, 0.15) is 13.2 Å². The third kappa shape index (κ3) is 3.69. The van der Waals surface area contributed by atoms with E-state index in [0.29, 0.717) is 25.8 Å². The van der Waals surface area contributed by atoms with E-state index in [1.54, 1.807) is 0 Å². The van der Waals surface area contributed by atoms with E-state index < -0.39 is 6.10 Å². The predicted octanol–water partition coefficient (Wildman–Crippen LogP) is 2.66. The van der Waals surface area contributed by atoms with Crippen molar-refractivity contribution >= 4 is 0 Å². The van der Waals surface area contributed by atoms with Crippen LogP contribution in [0.1, 0.15) is 44.3 Å². The molecule has 116 valence electrons. The van der Waals surface area contributed by atoms with Gasteiger partial charge in [-0.1, -0.05) is 13.0 Å². The highest BCUT2D eigenvalue weighted by Crippen LogP contribution is 2.32. The summed E-state index contributed by atoms with van der Waals surface area (Å²) in [5.74, 6) is 2.36. The van der Waals surface area contributed by atoms with Gasteiger partial charge >= 0.3 is 0 Å². The van der Waals surface area contributed by atoms with Gasteiger partial charge in [-0.3, -0.25) is 0 Å². The molecule has 0 aromatic heterocycles. The van der Waals surface area contributed by atoms with E-state index in [2.05, 4.69) is 12.2 Å². The maximum absolute atomic E-state index is 10.3. The molecule has 4 nitrogen and oxygen atoms in total. The van der Waals surface area contributed by atoms with Crippen LogP contribution in [0.25, 0.3) is 0 Å². The second kappa shape index (κ2) is 6.67. The summed E-state index contributed by atoms with van der Waals surface area (Å²) in [6.07, 6.45) is 4.51. The number of aliphatic hydroxyl groups is 1. The van der Waals surface area contributed by atoms with Crippen molar-refractivity contribution < 1.29 is 14.6 Å². The van der Waals surface area contributed by atoms with Crippen LogP contribution in [0.3, 0.4) is 0 Å². The predicted molar refractivity (Wildman–Crippen MR) is 81.8 cm³/mol. The van der Waals surface area contributed by atoms with Crippen LogP contribution in [0.2, 0.25) is 0 Å². The molecule has 4 heteroatoms. The number of nitrogens with one attached hydrogen (secondary N) is 1. The van der Waals surface area contributed by atoms with Crippen molar-refractivity contribution in [2.45, 2.75) is 44.8 Å². The maximum Gasteiger partial charge on any atom is 0.161 e. The van der Waals surface area contributed by atoms with E-state index in [1.807, 2.05) is 18.2 Å². The lowest BCUT2D eigenvalue weighted by molar-refractivity contribution is 0.157. The summed E-state index contributed by atoms with van der Waals surface area (Å²) < 4.78 is 11.1. The molecule has 0 bridgehead atoms. The molecule has 1 heterocycles. The summed E-state index contributed by atoms with van der Waals surface area (Å²) >= 11 is 0. The maximum atomic E-state index is 10.3. The quantitative estimate of drug-likeness (QED) is 0.895. The summed E-state index contributed by atoms with van der Waals surface area (Å²) in [4.78, 5) is 0. The number of rotatable bonds is 4. The van der Waals surface area contributed by atoms with Gasteiger partial charge in [0, 0.05) is 12.6 Å². The molecule has 0 radical (unpaired) electrons. The summed E-state index contributed by atoms with van der Waals surface area (Å²) in [5.41, 5.74) is 0.885. The van der Waals surface area contributed by atoms with Crippen LogP contribution in [0, 0.1) is 5.92 Å². The summed E-state index contributed by atoms with van der Waals surface area (Å²) in [6.45, 7) is 4.08. The normalized spacial score (nSPS) is 26.4. The summed E-state index contributed by atoms with van der Waals surface area (Å²) in [5, 5.41) is 13.8.